The summed E-state index contributed by atoms with van der Waals surface area (Å²) in [6.07, 6.45) is 1.47. The summed E-state index contributed by atoms with van der Waals surface area (Å²) < 4.78 is 0. The van der Waals surface area contributed by atoms with Crippen molar-refractivity contribution in [2.75, 3.05) is 10.6 Å². The van der Waals surface area contributed by atoms with Crippen LogP contribution in [0.2, 0.25) is 0 Å². The van der Waals surface area contributed by atoms with Gasteiger partial charge in [-0.1, -0.05) is 30.3 Å². The normalized spacial score (nSPS) is 10.4. The number of nitrogens with one attached hydrogen (secondary N) is 2. The highest BCUT2D eigenvalue weighted by molar-refractivity contribution is 6.08. The van der Waals surface area contributed by atoms with Gasteiger partial charge in [0.1, 0.15) is 5.69 Å². The van der Waals surface area contributed by atoms with Crippen LogP contribution in [0.5, 0.6) is 0 Å². The van der Waals surface area contributed by atoms with Gasteiger partial charge in [0.15, 0.2) is 0 Å². The predicted octanol–water partition coefficient (Wildman–Crippen LogP) is 4.82. The molecular formula is C23H23N3O2. The predicted molar refractivity (Wildman–Crippen MR) is 112 cm³/mol. The van der Waals surface area contributed by atoms with Crippen molar-refractivity contribution in [1.82, 2.24) is 4.98 Å². The van der Waals surface area contributed by atoms with Gasteiger partial charge in [-0.25, -0.2) is 0 Å². The molecular weight excluding hydrogens is 350 g/mol. The molecule has 5 nitrogen and oxygen atoms in total. The third-order valence-electron chi connectivity index (χ3n) is 4.83. The van der Waals surface area contributed by atoms with Crippen LogP contribution in [0.3, 0.4) is 0 Å². The molecule has 0 bridgehead atoms. The van der Waals surface area contributed by atoms with Crippen molar-refractivity contribution in [1.29, 1.82) is 0 Å². The van der Waals surface area contributed by atoms with E-state index in [1.807, 2.05) is 64.1 Å². The first-order valence-electron chi connectivity index (χ1n) is 9.08. The van der Waals surface area contributed by atoms with E-state index in [-0.39, 0.29) is 17.5 Å². The van der Waals surface area contributed by atoms with E-state index in [4.69, 9.17) is 0 Å². The summed E-state index contributed by atoms with van der Waals surface area (Å²) in [4.78, 5) is 29.4. The fourth-order valence-electron chi connectivity index (χ4n) is 2.97. The van der Waals surface area contributed by atoms with Gasteiger partial charge in [0.05, 0.1) is 0 Å². The van der Waals surface area contributed by atoms with Gasteiger partial charge in [-0.05, 0) is 68.1 Å². The third kappa shape index (κ3) is 4.09. The van der Waals surface area contributed by atoms with Crippen molar-refractivity contribution in [3.05, 3.63) is 88.2 Å². The smallest absolute Gasteiger partial charge is 0.274 e. The van der Waals surface area contributed by atoms with Gasteiger partial charge in [0.25, 0.3) is 11.8 Å². The Balaban J connectivity index is 1.81. The third-order valence-corrected chi connectivity index (χ3v) is 4.83. The second-order valence-corrected chi connectivity index (χ2v) is 6.85. The number of anilines is 2. The van der Waals surface area contributed by atoms with Gasteiger partial charge < -0.3 is 10.6 Å². The summed E-state index contributed by atoms with van der Waals surface area (Å²) in [7, 11) is 0. The van der Waals surface area contributed by atoms with Gasteiger partial charge in [-0.3, -0.25) is 14.6 Å². The number of nitrogens with zero attached hydrogens (tertiary/aromatic N) is 1. The number of carbonyl (C=O) groups excluding carboxylic acids is 2. The maximum atomic E-state index is 12.7. The first-order valence-corrected chi connectivity index (χ1v) is 9.08. The zero-order chi connectivity index (χ0) is 20.3. The Morgan fingerprint density at radius 3 is 2.14 bits per heavy atom. The maximum absolute atomic E-state index is 12.7. The van der Waals surface area contributed by atoms with E-state index < -0.39 is 0 Å². The van der Waals surface area contributed by atoms with E-state index in [0.29, 0.717) is 5.56 Å². The van der Waals surface area contributed by atoms with Crippen molar-refractivity contribution in [3.63, 3.8) is 0 Å². The summed E-state index contributed by atoms with van der Waals surface area (Å²) in [5.74, 6) is -0.629. The Kier molecular flexibility index (Phi) is 5.54. The molecule has 0 aliphatic rings. The lowest BCUT2D eigenvalue weighted by Gasteiger charge is -2.12. The molecule has 142 valence electrons. The summed E-state index contributed by atoms with van der Waals surface area (Å²) in [6.45, 7) is 7.82. The molecule has 0 fully saturated rings. The van der Waals surface area contributed by atoms with Crippen LogP contribution in [0.25, 0.3) is 0 Å². The Hall–Kier alpha value is -3.47. The van der Waals surface area contributed by atoms with E-state index in [0.717, 1.165) is 33.6 Å². The SMILES string of the molecule is Cc1cccc(NC(=O)c2cc(C(=O)Nc3c(C)cccc3C)ccn2)c1C. The van der Waals surface area contributed by atoms with Crippen LogP contribution in [0, 0.1) is 27.7 Å². The maximum Gasteiger partial charge on any atom is 0.274 e. The molecule has 3 aromatic rings. The standard InChI is InChI=1S/C23H23N3O2/c1-14-7-6-10-19(17(14)4)25-23(28)20-13-18(11-12-24-20)22(27)26-21-15(2)8-5-9-16(21)3/h5-13H,1-4H3,(H,25,28)(H,26,27). The lowest BCUT2D eigenvalue weighted by atomic mass is 10.1. The molecule has 1 aromatic heterocycles. The average Bonchev–Trinajstić information content (AvgIpc) is 2.68. The van der Waals surface area contributed by atoms with Crippen LogP contribution in [-0.2, 0) is 0 Å². The Morgan fingerprint density at radius 1 is 0.786 bits per heavy atom. The molecule has 5 heteroatoms. The molecule has 2 aromatic carbocycles. The van der Waals surface area contributed by atoms with E-state index in [2.05, 4.69) is 15.6 Å². The van der Waals surface area contributed by atoms with Gasteiger partial charge >= 0.3 is 0 Å². The Morgan fingerprint density at radius 2 is 1.43 bits per heavy atom. The van der Waals surface area contributed by atoms with Crippen LogP contribution in [-0.4, -0.2) is 16.8 Å². The first-order chi connectivity index (χ1) is 13.4. The van der Waals surface area contributed by atoms with E-state index in [9.17, 15) is 9.59 Å². The molecule has 0 spiro atoms. The van der Waals surface area contributed by atoms with Crippen molar-refractivity contribution in [2.45, 2.75) is 27.7 Å². The molecule has 3 rings (SSSR count). The number of carbonyl (C=O) groups is 2. The Labute approximate surface area is 164 Å². The topological polar surface area (TPSA) is 71.1 Å². The van der Waals surface area contributed by atoms with E-state index in [1.165, 1.54) is 12.3 Å². The lowest BCUT2D eigenvalue weighted by Crippen LogP contribution is -2.18. The summed E-state index contributed by atoms with van der Waals surface area (Å²) >= 11 is 0. The molecule has 0 saturated heterocycles. The minimum atomic E-state index is -0.351. The number of para-hydroxylation sites is 1. The molecule has 2 amide bonds. The largest absolute Gasteiger partial charge is 0.322 e. The molecule has 0 saturated carbocycles. The van der Waals surface area contributed by atoms with E-state index >= 15 is 0 Å². The van der Waals surface area contributed by atoms with Crippen LogP contribution in [0.4, 0.5) is 11.4 Å². The fourth-order valence-corrected chi connectivity index (χ4v) is 2.97. The van der Waals surface area contributed by atoms with Crippen LogP contribution in [0.1, 0.15) is 43.1 Å². The lowest BCUT2D eigenvalue weighted by molar-refractivity contribution is 0.102. The summed E-state index contributed by atoms with van der Waals surface area (Å²) in [5.41, 5.74) is 6.14. The van der Waals surface area contributed by atoms with Gasteiger partial charge in [-0.15, -0.1) is 0 Å². The van der Waals surface area contributed by atoms with Gasteiger partial charge in [0.2, 0.25) is 0 Å². The number of amides is 2. The highest BCUT2D eigenvalue weighted by atomic mass is 16.2. The van der Waals surface area contributed by atoms with E-state index in [1.54, 1.807) is 6.07 Å². The van der Waals surface area contributed by atoms with Crippen molar-refractivity contribution >= 4 is 23.2 Å². The highest BCUT2D eigenvalue weighted by Gasteiger charge is 2.14. The molecule has 0 unspecified atom stereocenters. The van der Waals surface area contributed by atoms with Crippen molar-refractivity contribution in [3.8, 4) is 0 Å². The number of benzene rings is 2. The molecule has 0 aliphatic heterocycles. The minimum absolute atomic E-state index is 0.190. The summed E-state index contributed by atoms with van der Waals surface area (Å²) in [6, 6.07) is 14.7. The molecule has 28 heavy (non-hydrogen) atoms. The zero-order valence-electron chi connectivity index (χ0n) is 16.5. The van der Waals surface area contributed by atoms with Crippen molar-refractivity contribution in [2.24, 2.45) is 0 Å². The second kappa shape index (κ2) is 8.05. The molecule has 0 aliphatic carbocycles. The number of aromatic nitrogens is 1. The second-order valence-electron chi connectivity index (χ2n) is 6.85. The fraction of sp³-hybridized carbons (Fsp3) is 0.174. The minimum Gasteiger partial charge on any atom is -0.322 e. The first kappa shape index (κ1) is 19.3. The number of pyridine rings is 1. The summed E-state index contributed by atoms with van der Waals surface area (Å²) in [5, 5.41) is 5.80. The Bertz CT molecular complexity index is 1040. The van der Waals surface area contributed by atoms with Crippen LogP contribution in [0.15, 0.2) is 54.7 Å². The van der Waals surface area contributed by atoms with Gasteiger partial charge in [-0.2, -0.15) is 0 Å². The van der Waals surface area contributed by atoms with Crippen LogP contribution >= 0.6 is 0 Å². The molecule has 0 atom stereocenters. The quantitative estimate of drug-likeness (QED) is 0.689. The highest BCUT2D eigenvalue weighted by Crippen LogP contribution is 2.21. The number of hydrogen-bond donors (Lipinski definition) is 2. The zero-order valence-corrected chi connectivity index (χ0v) is 16.5. The average molecular weight is 373 g/mol. The number of hydrogen-bond acceptors (Lipinski definition) is 3. The monoisotopic (exact) mass is 373 g/mol. The number of rotatable bonds is 4. The van der Waals surface area contributed by atoms with Crippen molar-refractivity contribution < 1.29 is 9.59 Å². The molecule has 1 heterocycles. The van der Waals surface area contributed by atoms with Gasteiger partial charge in [0, 0.05) is 23.1 Å². The van der Waals surface area contributed by atoms with Crippen LogP contribution < -0.4 is 10.6 Å². The molecule has 2 N–H and O–H groups in total. The molecule has 0 radical (unpaired) electrons. The number of aryl methyl sites for hydroxylation is 3.